The van der Waals surface area contributed by atoms with E-state index in [-0.39, 0.29) is 0 Å². The number of hydrogen-bond acceptors (Lipinski definition) is 2. The predicted molar refractivity (Wildman–Crippen MR) is 94.9 cm³/mol. The van der Waals surface area contributed by atoms with Crippen molar-refractivity contribution in [2.45, 2.75) is 44.7 Å². The van der Waals surface area contributed by atoms with Gasteiger partial charge in [0.05, 0.1) is 0 Å². The Bertz CT molecular complexity index is 478. The Morgan fingerprint density at radius 2 is 2.19 bits per heavy atom. The van der Waals surface area contributed by atoms with Gasteiger partial charge >= 0.3 is 0 Å². The summed E-state index contributed by atoms with van der Waals surface area (Å²) in [5, 5.41) is 4.46. The zero-order chi connectivity index (χ0) is 15.5. The summed E-state index contributed by atoms with van der Waals surface area (Å²) >= 11 is 9.74. The molecule has 2 unspecified atom stereocenters. The molecule has 1 fully saturated rings. The summed E-state index contributed by atoms with van der Waals surface area (Å²) in [6.45, 7) is 4.23. The zero-order valence-electron chi connectivity index (χ0n) is 13.3. The quantitative estimate of drug-likeness (QED) is 0.804. The first kappa shape index (κ1) is 17.3. The number of nitrogens with zero attached hydrogens (tertiary/aromatic N) is 1. The number of benzene rings is 1. The van der Waals surface area contributed by atoms with Crippen LogP contribution in [0.15, 0.2) is 22.7 Å². The van der Waals surface area contributed by atoms with Crippen LogP contribution < -0.4 is 5.32 Å². The van der Waals surface area contributed by atoms with Gasteiger partial charge in [-0.05, 0) is 50.6 Å². The molecular weight excluding hydrogens is 348 g/mol. The molecule has 1 N–H and O–H groups in total. The second-order valence-corrected chi connectivity index (χ2v) is 7.98. The lowest BCUT2D eigenvalue weighted by atomic mass is 9.75. The predicted octanol–water partition coefficient (Wildman–Crippen LogP) is 4.70. The van der Waals surface area contributed by atoms with E-state index >= 15 is 0 Å². The summed E-state index contributed by atoms with van der Waals surface area (Å²) < 4.78 is 1.03. The van der Waals surface area contributed by atoms with Crippen molar-refractivity contribution in [1.29, 1.82) is 0 Å². The molecule has 21 heavy (non-hydrogen) atoms. The Morgan fingerprint density at radius 3 is 2.81 bits per heavy atom. The van der Waals surface area contributed by atoms with E-state index in [0.29, 0.717) is 5.54 Å². The van der Waals surface area contributed by atoms with Crippen LogP contribution in [0.2, 0.25) is 5.02 Å². The van der Waals surface area contributed by atoms with E-state index in [1.165, 1.54) is 25.7 Å². The van der Waals surface area contributed by atoms with Gasteiger partial charge in [-0.3, -0.25) is 0 Å². The van der Waals surface area contributed by atoms with Crippen molar-refractivity contribution >= 4 is 27.5 Å². The van der Waals surface area contributed by atoms with Crippen LogP contribution in [0.3, 0.4) is 0 Å². The largest absolute Gasteiger partial charge is 0.311 e. The minimum Gasteiger partial charge on any atom is -0.311 e. The maximum Gasteiger partial charge on any atom is 0.0462 e. The number of likely N-dealkylation sites (N-methyl/N-ethyl adjacent to an activating group) is 1. The zero-order valence-corrected chi connectivity index (χ0v) is 15.6. The van der Waals surface area contributed by atoms with Gasteiger partial charge in [-0.1, -0.05) is 53.4 Å². The molecule has 0 aromatic heterocycles. The van der Waals surface area contributed by atoms with Crippen molar-refractivity contribution in [1.82, 2.24) is 10.2 Å². The Morgan fingerprint density at radius 1 is 1.43 bits per heavy atom. The molecule has 0 bridgehead atoms. The van der Waals surface area contributed by atoms with Crippen LogP contribution in [0.1, 0.15) is 38.2 Å². The molecule has 118 valence electrons. The summed E-state index contributed by atoms with van der Waals surface area (Å²) in [6.07, 6.45) is 5.26. The van der Waals surface area contributed by atoms with Gasteiger partial charge in [-0.25, -0.2) is 0 Å². The number of halogens is 2. The summed E-state index contributed by atoms with van der Waals surface area (Å²) in [7, 11) is 4.43. The smallest absolute Gasteiger partial charge is 0.0462 e. The summed E-state index contributed by atoms with van der Waals surface area (Å²) in [5.74, 6) is 0.819. The molecule has 0 amide bonds. The minimum atomic E-state index is 0.291. The third kappa shape index (κ3) is 4.44. The number of rotatable bonds is 5. The Labute approximate surface area is 142 Å². The van der Waals surface area contributed by atoms with Crippen molar-refractivity contribution in [3.63, 3.8) is 0 Å². The summed E-state index contributed by atoms with van der Waals surface area (Å²) in [5.41, 5.74) is 1.46. The van der Waals surface area contributed by atoms with Crippen molar-refractivity contribution in [2.75, 3.05) is 20.6 Å². The van der Waals surface area contributed by atoms with Crippen LogP contribution in [0.4, 0.5) is 0 Å². The standard InChI is InChI=1S/C17H26BrClN2/c1-13-5-4-8-17(10-13,21(2)3)12-20-11-14-6-7-15(18)9-16(14)19/h6-7,9,13,20H,4-5,8,10-12H2,1-3H3. The van der Waals surface area contributed by atoms with Gasteiger partial charge in [0.1, 0.15) is 0 Å². The van der Waals surface area contributed by atoms with E-state index in [1.54, 1.807) is 0 Å². The second kappa shape index (κ2) is 7.45. The van der Waals surface area contributed by atoms with E-state index in [1.807, 2.05) is 12.1 Å². The fourth-order valence-corrected chi connectivity index (χ4v) is 4.19. The van der Waals surface area contributed by atoms with Crippen LogP contribution in [0.5, 0.6) is 0 Å². The molecule has 1 aliphatic rings. The highest BCUT2D eigenvalue weighted by atomic mass is 79.9. The van der Waals surface area contributed by atoms with Gasteiger partial charge < -0.3 is 10.2 Å². The third-order valence-corrected chi connectivity index (χ3v) is 5.65. The first-order valence-corrected chi connectivity index (χ1v) is 8.92. The highest BCUT2D eigenvalue weighted by Gasteiger charge is 2.36. The SMILES string of the molecule is CC1CCCC(CNCc2ccc(Br)cc2Cl)(N(C)C)C1. The molecule has 1 aliphatic carbocycles. The van der Waals surface area contributed by atoms with Crippen molar-refractivity contribution in [2.24, 2.45) is 5.92 Å². The minimum absolute atomic E-state index is 0.291. The van der Waals surface area contributed by atoms with E-state index in [4.69, 9.17) is 11.6 Å². The fourth-order valence-electron chi connectivity index (χ4n) is 3.45. The molecule has 1 saturated carbocycles. The van der Waals surface area contributed by atoms with Gasteiger partial charge in [-0.15, -0.1) is 0 Å². The van der Waals surface area contributed by atoms with E-state index in [0.717, 1.165) is 34.1 Å². The normalized spacial score (nSPS) is 26.3. The first-order valence-electron chi connectivity index (χ1n) is 7.75. The molecule has 0 spiro atoms. The molecule has 0 saturated heterocycles. The monoisotopic (exact) mass is 372 g/mol. The van der Waals surface area contributed by atoms with Crippen LogP contribution in [-0.4, -0.2) is 31.1 Å². The fraction of sp³-hybridized carbons (Fsp3) is 0.647. The molecule has 2 atom stereocenters. The average molecular weight is 374 g/mol. The second-order valence-electron chi connectivity index (χ2n) is 6.66. The van der Waals surface area contributed by atoms with Gasteiger partial charge in [0, 0.05) is 28.1 Å². The maximum atomic E-state index is 6.29. The summed E-state index contributed by atoms with van der Waals surface area (Å²) in [6, 6.07) is 6.10. The van der Waals surface area contributed by atoms with E-state index in [2.05, 4.69) is 53.2 Å². The van der Waals surface area contributed by atoms with Crippen LogP contribution in [0, 0.1) is 5.92 Å². The van der Waals surface area contributed by atoms with Gasteiger partial charge in [0.15, 0.2) is 0 Å². The van der Waals surface area contributed by atoms with Gasteiger partial charge in [-0.2, -0.15) is 0 Å². The topological polar surface area (TPSA) is 15.3 Å². The highest BCUT2D eigenvalue weighted by Crippen LogP contribution is 2.35. The number of nitrogens with one attached hydrogen (secondary N) is 1. The van der Waals surface area contributed by atoms with Crippen LogP contribution in [0.25, 0.3) is 0 Å². The Hall–Kier alpha value is -0.0900. The molecule has 0 heterocycles. The molecule has 2 rings (SSSR count). The molecule has 4 heteroatoms. The summed E-state index contributed by atoms with van der Waals surface area (Å²) in [4.78, 5) is 2.42. The number of hydrogen-bond donors (Lipinski definition) is 1. The van der Waals surface area contributed by atoms with E-state index in [9.17, 15) is 0 Å². The van der Waals surface area contributed by atoms with Crippen molar-refractivity contribution < 1.29 is 0 Å². The molecular formula is C17H26BrClN2. The van der Waals surface area contributed by atoms with Crippen LogP contribution >= 0.6 is 27.5 Å². The molecule has 1 aromatic carbocycles. The maximum absolute atomic E-state index is 6.29. The molecule has 0 aliphatic heterocycles. The molecule has 0 radical (unpaired) electrons. The molecule has 1 aromatic rings. The lowest BCUT2D eigenvalue weighted by Crippen LogP contribution is -2.54. The Balaban J connectivity index is 1.96. The highest BCUT2D eigenvalue weighted by molar-refractivity contribution is 9.10. The lowest BCUT2D eigenvalue weighted by molar-refractivity contribution is 0.0749. The Kier molecular flexibility index (Phi) is 6.13. The van der Waals surface area contributed by atoms with Crippen molar-refractivity contribution in [3.8, 4) is 0 Å². The van der Waals surface area contributed by atoms with Crippen molar-refractivity contribution in [3.05, 3.63) is 33.3 Å². The lowest BCUT2D eigenvalue weighted by Gasteiger charge is -2.45. The molecule has 2 nitrogen and oxygen atoms in total. The van der Waals surface area contributed by atoms with Gasteiger partial charge in [0.25, 0.3) is 0 Å². The third-order valence-electron chi connectivity index (χ3n) is 4.80. The van der Waals surface area contributed by atoms with Gasteiger partial charge in [0.2, 0.25) is 0 Å². The first-order chi connectivity index (χ1) is 9.93. The average Bonchev–Trinajstić information content (AvgIpc) is 2.41. The van der Waals surface area contributed by atoms with E-state index < -0.39 is 0 Å². The van der Waals surface area contributed by atoms with Crippen LogP contribution in [-0.2, 0) is 6.54 Å².